The molecule has 0 fully saturated rings. The molecule has 0 aliphatic rings. The van der Waals surface area contributed by atoms with Crippen LogP contribution in [0.4, 0.5) is 0 Å². The third-order valence-corrected chi connectivity index (χ3v) is 3.68. The first kappa shape index (κ1) is 13.7. The fourth-order valence-electron chi connectivity index (χ4n) is 2.38. The van der Waals surface area contributed by atoms with E-state index < -0.39 is 0 Å². The van der Waals surface area contributed by atoms with E-state index in [4.69, 9.17) is 10.3 Å². The molecule has 1 unspecified atom stereocenters. The quantitative estimate of drug-likeness (QED) is 0.796. The number of aromatic nitrogens is 3. The van der Waals surface area contributed by atoms with Gasteiger partial charge in [-0.2, -0.15) is 4.98 Å². The van der Waals surface area contributed by atoms with Gasteiger partial charge in [0, 0.05) is 23.7 Å². The van der Waals surface area contributed by atoms with Crippen molar-refractivity contribution in [2.45, 2.75) is 19.8 Å². The van der Waals surface area contributed by atoms with E-state index in [9.17, 15) is 0 Å². The summed E-state index contributed by atoms with van der Waals surface area (Å²) in [5.41, 5.74) is 7.66. The van der Waals surface area contributed by atoms with Crippen molar-refractivity contribution in [3.63, 3.8) is 0 Å². The summed E-state index contributed by atoms with van der Waals surface area (Å²) < 4.78 is 5.39. The van der Waals surface area contributed by atoms with Crippen LogP contribution < -0.4 is 5.73 Å². The van der Waals surface area contributed by atoms with Crippen LogP contribution in [0.5, 0.6) is 0 Å². The normalized spacial score (nSPS) is 13.0. The van der Waals surface area contributed by atoms with Gasteiger partial charge in [-0.3, -0.25) is 4.98 Å². The number of pyridine rings is 1. The van der Waals surface area contributed by atoms with E-state index in [1.165, 1.54) is 0 Å². The minimum absolute atomic E-state index is 0.0911. The molecule has 0 bridgehead atoms. The predicted molar refractivity (Wildman–Crippen MR) is 81.7 cm³/mol. The van der Waals surface area contributed by atoms with Crippen LogP contribution in [0.3, 0.4) is 0 Å². The number of nitrogens with zero attached hydrogens (tertiary/aromatic N) is 3. The molecule has 3 aromatic rings. The van der Waals surface area contributed by atoms with Gasteiger partial charge >= 0.3 is 0 Å². The smallest absolute Gasteiger partial charge is 0.231 e. The van der Waals surface area contributed by atoms with E-state index in [0.717, 1.165) is 16.5 Å². The van der Waals surface area contributed by atoms with E-state index in [-0.39, 0.29) is 5.92 Å². The molecule has 21 heavy (non-hydrogen) atoms. The molecule has 108 valence electrons. The van der Waals surface area contributed by atoms with E-state index >= 15 is 0 Å². The van der Waals surface area contributed by atoms with Gasteiger partial charge in [0.2, 0.25) is 11.7 Å². The van der Waals surface area contributed by atoms with Crippen LogP contribution in [0.2, 0.25) is 0 Å². The summed E-state index contributed by atoms with van der Waals surface area (Å²) in [7, 11) is 0. The van der Waals surface area contributed by atoms with Crippen molar-refractivity contribution in [2.24, 2.45) is 11.7 Å². The zero-order valence-electron chi connectivity index (χ0n) is 12.2. The van der Waals surface area contributed by atoms with Gasteiger partial charge in [-0.05, 0) is 30.2 Å². The Labute approximate surface area is 123 Å². The average molecular weight is 282 g/mol. The van der Waals surface area contributed by atoms with Crippen molar-refractivity contribution in [1.29, 1.82) is 0 Å². The first-order chi connectivity index (χ1) is 10.2. The molecule has 0 saturated heterocycles. The van der Waals surface area contributed by atoms with Crippen LogP contribution >= 0.6 is 0 Å². The van der Waals surface area contributed by atoms with Crippen molar-refractivity contribution in [2.75, 3.05) is 6.54 Å². The highest BCUT2D eigenvalue weighted by molar-refractivity contribution is 5.82. The molecule has 0 saturated carbocycles. The minimum atomic E-state index is 0.0911. The number of hydrogen-bond acceptors (Lipinski definition) is 5. The lowest BCUT2D eigenvalue weighted by Gasteiger charge is -2.13. The molecule has 1 aromatic carbocycles. The van der Waals surface area contributed by atoms with Gasteiger partial charge in [-0.15, -0.1) is 0 Å². The maximum absolute atomic E-state index is 5.79. The summed E-state index contributed by atoms with van der Waals surface area (Å²) >= 11 is 0. The molecule has 2 aromatic heterocycles. The Morgan fingerprint density at radius 2 is 2.10 bits per heavy atom. The second-order valence-corrected chi connectivity index (χ2v) is 5.45. The Kier molecular flexibility index (Phi) is 3.66. The topological polar surface area (TPSA) is 77.8 Å². The van der Waals surface area contributed by atoms with Crippen molar-refractivity contribution < 1.29 is 4.52 Å². The highest BCUT2D eigenvalue weighted by Gasteiger charge is 2.21. The van der Waals surface area contributed by atoms with Gasteiger partial charge in [-0.25, -0.2) is 0 Å². The predicted octanol–water partition coefficient (Wildman–Crippen LogP) is 2.98. The molecule has 0 amide bonds. The van der Waals surface area contributed by atoms with Gasteiger partial charge in [0.25, 0.3) is 0 Å². The Bertz CT molecular complexity index is 751. The van der Waals surface area contributed by atoms with Crippen molar-refractivity contribution in [1.82, 2.24) is 15.1 Å². The number of fused-ring (bicyclic) bond motifs is 1. The van der Waals surface area contributed by atoms with Crippen molar-refractivity contribution in [3.8, 4) is 11.4 Å². The molecule has 0 aliphatic heterocycles. The fraction of sp³-hybridized carbons (Fsp3) is 0.312. The molecule has 2 heterocycles. The van der Waals surface area contributed by atoms with Crippen LogP contribution in [0, 0.1) is 5.92 Å². The number of nitrogens with two attached hydrogens (primary N) is 1. The lowest BCUT2D eigenvalue weighted by molar-refractivity contribution is 0.324. The third-order valence-electron chi connectivity index (χ3n) is 3.68. The Morgan fingerprint density at radius 3 is 2.86 bits per heavy atom. The fourth-order valence-corrected chi connectivity index (χ4v) is 2.38. The number of benzene rings is 1. The van der Waals surface area contributed by atoms with Gasteiger partial charge in [-0.1, -0.05) is 25.1 Å². The minimum Gasteiger partial charge on any atom is -0.339 e. The molecule has 0 aliphatic carbocycles. The van der Waals surface area contributed by atoms with Gasteiger partial charge < -0.3 is 10.3 Å². The van der Waals surface area contributed by atoms with Crippen molar-refractivity contribution in [3.05, 3.63) is 42.4 Å². The van der Waals surface area contributed by atoms with Crippen molar-refractivity contribution >= 4 is 10.9 Å². The summed E-state index contributed by atoms with van der Waals surface area (Å²) in [5.74, 6) is 1.65. The molecule has 1 atom stereocenters. The first-order valence-corrected chi connectivity index (χ1v) is 7.08. The van der Waals surface area contributed by atoms with Gasteiger partial charge in [0.1, 0.15) is 0 Å². The lowest BCUT2D eigenvalue weighted by atomic mass is 9.96. The van der Waals surface area contributed by atoms with Gasteiger partial charge in [0.15, 0.2) is 0 Å². The van der Waals surface area contributed by atoms with E-state index in [0.29, 0.717) is 24.2 Å². The van der Waals surface area contributed by atoms with Crippen LogP contribution in [0.1, 0.15) is 25.7 Å². The Balaban J connectivity index is 1.97. The zero-order valence-corrected chi connectivity index (χ0v) is 12.2. The van der Waals surface area contributed by atoms with E-state index in [2.05, 4.69) is 29.0 Å². The number of rotatable bonds is 4. The van der Waals surface area contributed by atoms with E-state index in [1.54, 1.807) is 6.20 Å². The molecule has 5 nitrogen and oxygen atoms in total. The summed E-state index contributed by atoms with van der Waals surface area (Å²) in [6.45, 7) is 4.70. The standard InChI is InChI=1S/C16H18N4O/c1-10(2)13(9-17)16-19-15(20-21-16)12-5-6-14-11(8-12)4-3-7-18-14/h3-8,10,13H,9,17H2,1-2H3. The monoisotopic (exact) mass is 282 g/mol. The molecular formula is C16H18N4O. The molecule has 0 spiro atoms. The molecular weight excluding hydrogens is 264 g/mol. The molecule has 2 N–H and O–H groups in total. The second-order valence-electron chi connectivity index (χ2n) is 5.45. The second kappa shape index (κ2) is 5.61. The van der Waals surface area contributed by atoms with Gasteiger partial charge in [0.05, 0.1) is 11.4 Å². The first-order valence-electron chi connectivity index (χ1n) is 7.08. The van der Waals surface area contributed by atoms with Crippen LogP contribution in [0.15, 0.2) is 41.1 Å². The number of hydrogen-bond donors (Lipinski definition) is 1. The van der Waals surface area contributed by atoms with Crippen LogP contribution in [-0.2, 0) is 0 Å². The zero-order chi connectivity index (χ0) is 14.8. The highest BCUT2D eigenvalue weighted by atomic mass is 16.5. The maximum atomic E-state index is 5.79. The largest absolute Gasteiger partial charge is 0.339 e. The van der Waals surface area contributed by atoms with Crippen LogP contribution in [0.25, 0.3) is 22.3 Å². The lowest BCUT2D eigenvalue weighted by Crippen LogP contribution is -2.18. The summed E-state index contributed by atoms with van der Waals surface area (Å²) in [6, 6.07) is 9.87. The molecule has 5 heteroatoms. The highest BCUT2D eigenvalue weighted by Crippen LogP contribution is 2.26. The van der Waals surface area contributed by atoms with E-state index in [1.807, 2.05) is 30.3 Å². The Morgan fingerprint density at radius 1 is 1.24 bits per heavy atom. The third kappa shape index (κ3) is 2.64. The molecule has 0 radical (unpaired) electrons. The average Bonchev–Trinajstić information content (AvgIpc) is 2.96. The SMILES string of the molecule is CC(C)C(CN)c1nc(-c2ccc3ncccc3c2)no1. The summed E-state index contributed by atoms with van der Waals surface area (Å²) in [5, 5.41) is 5.14. The maximum Gasteiger partial charge on any atom is 0.231 e. The summed E-state index contributed by atoms with van der Waals surface area (Å²) in [6.07, 6.45) is 1.78. The Hall–Kier alpha value is -2.27. The molecule has 3 rings (SSSR count). The summed E-state index contributed by atoms with van der Waals surface area (Å²) in [4.78, 5) is 8.81. The van der Waals surface area contributed by atoms with Crippen LogP contribution in [-0.4, -0.2) is 21.7 Å².